The molecule has 0 radical (unpaired) electrons. The standard InChI is InChI=1S/C22H20ClFN2O3S/c1-2-26(30(28,29)21-12-10-18(23)11-13-21)15-16-6-8-17(9-7-16)22(27)25-20-5-3-4-19(24)14-20/h3-14H,2,15H2,1H3,(H,25,27). The van der Waals surface area contributed by atoms with Crippen molar-refractivity contribution in [1.29, 1.82) is 0 Å². The van der Waals surface area contributed by atoms with Gasteiger partial charge in [0.15, 0.2) is 0 Å². The number of rotatable bonds is 7. The van der Waals surface area contributed by atoms with Crippen LogP contribution in [-0.4, -0.2) is 25.2 Å². The van der Waals surface area contributed by atoms with E-state index in [1.165, 1.54) is 46.8 Å². The van der Waals surface area contributed by atoms with Crippen LogP contribution < -0.4 is 5.32 Å². The fourth-order valence-electron chi connectivity index (χ4n) is 2.86. The summed E-state index contributed by atoms with van der Waals surface area (Å²) in [5, 5.41) is 3.09. The highest BCUT2D eigenvalue weighted by Gasteiger charge is 2.23. The van der Waals surface area contributed by atoms with E-state index in [1.807, 2.05) is 0 Å². The molecule has 0 saturated carbocycles. The average molecular weight is 447 g/mol. The van der Waals surface area contributed by atoms with Crippen molar-refractivity contribution in [2.75, 3.05) is 11.9 Å². The lowest BCUT2D eigenvalue weighted by Crippen LogP contribution is -2.30. The molecule has 1 amide bonds. The summed E-state index contributed by atoms with van der Waals surface area (Å²) in [4.78, 5) is 12.5. The molecule has 3 rings (SSSR count). The lowest BCUT2D eigenvalue weighted by Gasteiger charge is -2.21. The number of hydrogen-bond acceptors (Lipinski definition) is 3. The number of anilines is 1. The molecule has 3 aromatic carbocycles. The molecule has 0 fully saturated rings. The van der Waals surface area contributed by atoms with Gasteiger partial charge in [-0.15, -0.1) is 0 Å². The highest BCUT2D eigenvalue weighted by atomic mass is 35.5. The summed E-state index contributed by atoms with van der Waals surface area (Å²) in [5.41, 5.74) is 1.47. The van der Waals surface area contributed by atoms with Crippen molar-refractivity contribution >= 4 is 33.2 Å². The second-order valence-electron chi connectivity index (χ2n) is 6.55. The van der Waals surface area contributed by atoms with E-state index in [0.29, 0.717) is 16.3 Å². The third kappa shape index (κ3) is 5.24. The number of amides is 1. The quantitative estimate of drug-likeness (QED) is 0.558. The van der Waals surface area contributed by atoms with Crippen LogP contribution in [0.4, 0.5) is 10.1 Å². The van der Waals surface area contributed by atoms with Crippen LogP contribution in [0.5, 0.6) is 0 Å². The monoisotopic (exact) mass is 446 g/mol. The van der Waals surface area contributed by atoms with Gasteiger partial charge in [0.2, 0.25) is 10.0 Å². The van der Waals surface area contributed by atoms with Gasteiger partial charge in [-0.3, -0.25) is 4.79 Å². The number of benzene rings is 3. The first-order valence-corrected chi connectivity index (χ1v) is 11.0. The molecule has 0 heterocycles. The highest BCUT2D eigenvalue weighted by molar-refractivity contribution is 7.89. The Hall–Kier alpha value is -2.74. The van der Waals surface area contributed by atoms with E-state index in [1.54, 1.807) is 37.3 Å². The zero-order chi connectivity index (χ0) is 21.7. The molecule has 8 heteroatoms. The number of carbonyl (C=O) groups is 1. The minimum atomic E-state index is -3.68. The molecule has 0 aliphatic rings. The highest BCUT2D eigenvalue weighted by Crippen LogP contribution is 2.21. The summed E-state index contributed by atoms with van der Waals surface area (Å²) in [5.74, 6) is -0.821. The van der Waals surface area contributed by atoms with E-state index in [-0.39, 0.29) is 23.9 Å². The molecular weight excluding hydrogens is 427 g/mol. The van der Waals surface area contributed by atoms with Gasteiger partial charge in [-0.1, -0.05) is 36.7 Å². The summed E-state index contributed by atoms with van der Waals surface area (Å²) in [6, 6.07) is 18.2. The van der Waals surface area contributed by atoms with Crippen LogP contribution in [0.1, 0.15) is 22.8 Å². The Morgan fingerprint density at radius 3 is 2.30 bits per heavy atom. The molecule has 0 bridgehead atoms. The Morgan fingerprint density at radius 1 is 1.03 bits per heavy atom. The van der Waals surface area contributed by atoms with E-state index in [2.05, 4.69) is 5.32 Å². The fourth-order valence-corrected chi connectivity index (χ4v) is 4.42. The van der Waals surface area contributed by atoms with Crippen molar-refractivity contribution < 1.29 is 17.6 Å². The number of hydrogen-bond donors (Lipinski definition) is 1. The first-order chi connectivity index (χ1) is 14.3. The summed E-state index contributed by atoms with van der Waals surface area (Å²) >= 11 is 5.84. The fraction of sp³-hybridized carbons (Fsp3) is 0.136. The van der Waals surface area contributed by atoms with Crippen LogP contribution in [0.2, 0.25) is 5.02 Å². The minimum absolute atomic E-state index is 0.160. The molecule has 0 unspecified atom stereocenters. The summed E-state index contributed by atoms with van der Waals surface area (Å²) in [6.45, 7) is 2.20. The first-order valence-electron chi connectivity index (χ1n) is 9.21. The van der Waals surface area contributed by atoms with Gasteiger partial charge in [-0.25, -0.2) is 12.8 Å². The van der Waals surface area contributed by atoms with Crippen molar-refractivity contribution in [2.24, 2.45) is 0 Å². The maximum absolute atomic E-state index is 13.3. The summed E-state index contributed by atoms with van der Waals surface area (Å²) in [7, 11) is -3.68. The van der Waals surface area contributed by atoms with Gasteiger partial charge in [0, 0.05) is 29.4 Å². The normalized spacial score (nSPS) is 11.5. The van der Waals surface area contributed by atoms with Crippen LogP contribution >= 0.6 is 11.6 Å². The molecule has 1 N–H and O–H groups in total. The molecule has 0 spiro atoms. The van der Waals surface area contributed by atoms with E-state index >= 15 is 0 Å². The summed E-state index contributed by atoms with van der Waals surface area (Å²) < 4.78 is 40.3. The van der Waals surface area contributed by atoms with Crippen LogP contribution in [0.25, 0.3) is 0 Å². The second kappa shape index (κ2) is 9.38. The van der Waals surface area contributed by atoms with E-state index in [4.69, 9.17) is 11.6 Å². The molecule has 0 aromatic heterocycles. The first kappa shape index (κ1) is 22.0. The molecule has 156 valence electrons. The van der Waals surface area contributed by atoms with E-state index in [0.717, 1.165) is 5.56 Å². The van der Waals surface area contributed by atoms with Gasteiger partial charge in [-0.05, 0) is 60.2 Å². The summed E-state index contributed by atoms with van der Waals surface area (Å²) in [6.07, 6.45) is 0. The molecule has 5 nitrogen and oxygen atoms in total. The predicted molar refractivity (Wildman–Crippen MR) is 116 cm³/mol. The van der Waals surface area contributed by atoms with Gasteiger partial charge in [0.05, 0.1) is 4.90 Å². The molecule has 0 saturated heterocycles. The van der Waals surface area contributed by atoms with Gasteiger partial charge in [0.25, 0.3) is 5.91 Å². The van der Waals surface area contributed by atoms with Crippen molar-refractivity contribution in [3.05, 3.63) is 94.8 Å². The Labute approximate surface area is 180 Å². The van der Waals surface area contributed by atoms with E-state index in [9.17, 15) is 17.6 Å². The molecular formula is C22H20ClFN2O3S. The van der Waals surface area contributed by atoms with Gasteiger partial charge in [0.1, 0.15) is 5.82 Å². The number of nitrogens with one attached hydrogen (secondary N) is 1. The average Bonchev–Trinajstić information content (AvgIpc) is 2.72. The predicted octanol–water partition coefficient (Wildman–Crippen LogP) is 4.94. The SMILES string of the molecule is CCN(Cc1ccc(C(=O)Nc2cccc(F)c2)cc1)S(=O)(=O)c1ccc(Cl)cc1. The number of sulfonamides is 1. The van der Waals surface area contributed by atoms with Crippen molar-refractivity contribution in [3.63, 3.8) is 0 Å². The number of carbonyl (C=O) groups excluding carboxylic acids is 1. The topological polar surface area (TPSA) is 66.5 Å². The Balaban J connectivity index is 1.72. The van der Waals surface area contributed by atoms with E-state index < -0.39 is 15.8 Å². The second-order valence-corrected chi connectivity index (χ2v) is 8.92. The smallest absolute Gasteiger partial charge is 0.255 e. The molecule has 30 heavy (non-hydrogen) atoms. The zero-order valence-electron chi connectivity index (χ0n) is 16.2. The van der Waals surface area contributed by atoms with Crippen LogP contribution in [0.15, 0.2) is 77.7 Å². The van der Waals surface area contributed by atoms with Gasteiger partial charge >= 0.3 is 0 Å². The third-order valence-corrected chi connectivity index (χ3v) is 6.65. The maximum Gasteiger partial charge on any atom is 0.255 e. The zero-order valence-corrected chi connectivity index (χ0v) is 17.8. The lowest BCUT2D eigenvalue weighted by molar-refractivity contribution is 0.102. The van der Waals surface area contributed by atoms with Crippen molar-refractivity contribution in [1.82, 2.24) is 4.31 Å². The minimum Gasteiger partial charge on any atom is -0.322 e. The molecule has 0 atom stereocenters. The third-order valence-electron chi connectivity index (χ3n) is 4.46. The number of nitrogens with zero attached hydrogens (tertiary/aromatic N) is 1. The Bertz CT molecular complexity index is 1130. The number of halogens is 2. The van der Waals surface area contributed by atoms with Gasteiger partial charge < -0.3 is 5.32 Å². The lowest BCUT2D eigenvalue weighted by atomic mass is 10.1. The van der Waals surface area contributed by atoms with Crippen molar-refractivity contribution in [3.8, 4) is 0 Å². The Morgan fingerprint density at radius 2 is 1.70 bits per heavy atom. The molecule has 3 aromatic rings. The largest absolute Gasteiger partial charge is 0.322 e. The van der Waals surface area contributed by atoms with Gasteiger partial charge in [-0.2, -0.15) is 4.31 Å². The van der Waals surface area contributed by atoms with Crippen LogP contribution in [0, 0.1) is 5.82 Å². The van der Waals surface area contributed by atoms with Crippen LogP contribution in [0.3, 0.4) is 0 Å². The van der Waals surface area contributed by atoms with Crippen molar-refractivity contribution in [2.45, 2.75) is 18.4 Å². The maximum atomic E-state index is 13.3. The van der Waals surface area contributed by atoms with Crippen LogP contribution in [-0.2, 0) is 16.6 Å². The Kier molecular flexibility index (Phi) is 6.87. The molecule has 0 aliphatic heterocycles. The molecule has 0 aliphatic carbocycles.